The van der Waals surface area contributed by atoms with Crippen LogP contribution in [0.4, 0.5) is 10.2 Å². The predicted molar refractivity (Wildman–Crippen MR) is 183 cm³/mol. The van der Waals surface area contributed by atoms with Crippen molar-refractivity contribution in [1.29, 1.82) is 0 Å². The Morgan fingerprint density at radius 3 is 2.80 bits per heavy atom. The van der Waals surface area contributed by atoms with Crippen molar-refractivity contribution >= 4 is 39.2 Å². The molecule has 2 N–H and O–H groups in total. The second-order valence-corrected chi connectivity index (χ2v) is 15.0. The van der Waals surface area contributed by atoms with Gasteiger partial charge < -0.3 is 29.0 Å². The summed E-state index contributed by atoms with van der Waals surface area (Å²) in [7, 11) is 1.49. The van der Waals surface area contributed by atoms with Gasteiger partial charge in [0.15, 0.2) is 5.82 Å². The highest BCUT2D eigenvalue weighted by molar-refractivity contribution is 6.33. The van der Waals surface area contributed by atoms with Crippen LogP contribution in [0.1, 0.15) is 44.6 Å². The number of H-pyrrole nitrogens is 1. The van der Waals surface area contributed by atoms with Crippen LogP contribution in [-0.2, 0) is 9.47 Å². The zero-order chi connectivity index (χ0) is 33.9. The normalized spacial score (nSPS) is 26.6. The second kappa shape index (κ2) is 12.8. The van der Waals surface area contributed by atoms with Crippen LogP contribution in [-0.4, -0.2) is 113 Å². The summed E-state index contributed by atoms with van der Waals surface area (Å²) in [5.74, 6) is 0.447. The van der Waals surface area contributed by atoms with Crippen molar-refractivity contribution in [2.75, 3.05) is 71.2 Å². The molecule has 14 heteroatoms. The van der Waals surface area contributed by atoms with Gasteiger partial charge in [-0.25, -0.2) is 9.37 Å². The maximum atomic E-state index is 17.1. The van der Waals surface area contributed by atoms with E-state index in [9.17, 15) is 5.11 Å². The Labute approximate surface area is 289 Å². The smallest absolute Gasteiger partial charge is 0.319 e. The van der Waals surface area contributed by atoms with Crippen LogP contribution in [0.5, 0.6) is 11.9 Å². The molecular formula is C35H43ClFN7O5. The Morgan fingerprint density at radius 2 is 2.00 bits per heavy atom. The number of benzene rings is 1. The maximum Gasteiger partial charge on any atom is 0.319 e. The van der Waals surface area contributed by atoms with E-state index in [0.29, 0.717) is 70.0 Å². The Hall–Kier alpha value is -3.36. The molecule has 0 bridgehead atoms. The van der Waals surface area contributed by atoms with Crippen LogP contribution >= 0.6 is 11.6 Å². The summed E-state index contributed by atoms with van der Waals surface area (Å²) in [5.41, 5.74) is 0.638. The average molecular weight is 696 g/mol. The number of hydrogen-bond acceptors (Lipinski definition) is 11. The molecule has 3 aliphatic heterocycles. The van der Waals surface area contributed by atoms with Crippen LogP contribution in [0.15, 0.2) is 12.3 Å². The Balaban J connectivity index is 1.24. The van der Waals surface area contributed by atoms with Crippen molar-refractivity contribution in [2.24, 2.45) is 11.3 Å². The van der Waals surface area contributed by atoms with Gasteiger partial charge in [-0.3, -0.25) is 10.00 Å². The summed E-state index contributed by atoms with van der Waals surface area (Å²) < 4.78 is 40.8. The number of pyridine rings is 1. The number of methoxy groups -OCH3 is 1. The van der Waals surface area contributed by atoms with Crippen LogP contribution in [0.25, 0.3) is 33.1 Å². The first-order valence-corrected chi connectivity index (χ1v) is 17.6. The second-order valence-electron chi connectivity index (χ2n) is 14.6. The van der Waals surface area contributed by atoms with Crippen molar-refractivity contribution in [3.8, 4) is 23.1 Å². The molecule has 0 radical (unpaired) electrons. The lowest BCUT2D eigenvalue weighted by Crippen LogP contribution is -2.54. The van der Waals surface area contributed by atoms with E-state index in [-0.39, 0.29) is 41.7 Å². The van der Waals surface area contributed by atoms with Crippen molar-refractivity contribution in [1.82, 2.24) is 30.0 Å². The first-order valence-electron chi connectivity index (χ1n) is 17.2. The molecule has 49 heavy (non-hydrogen) atoms. The van der Waals surface area contributed by atoms with Gasteiger partial charge in [-0.15, -0.1) is 0 Å². The summed E-state index contributed by atoms with van der Waals surface area (Å²) in [6.45, 7) is 8.88. The van der Waals surface area contributed by atoms with Gasteiger partial charge in [-0.2, -0.15) is 15.1 Å². The van der Waals surface area contributed by atoms with E-state index in [1.165, 1.54) is 7.11 Å². The molecule has 6 heterocycles. The van der Waals surface area contributed by atoms with Gasteiger partial charge in [-0.05, 0) is 57.7 Å². The van der Waals surface area contributed by atoms with E-state index in [1.807, 2.05) is 11.8 Å². The number of halogens is 2. The van der Waals surface area contributed by atoms with Gasteiger partial charge in [0.2, 0.25) is 5.88 Å². The van der Waals surface area contributed by atoms with Gasteiger partial charge in [0.05, 0.1) is 58.4 Å². The molecule has 3 unspecified atom stereocenters. The van der Waals surface area contributed by atoms with Crippen molar-refractivity contribution < 1.29 is 28.4 Å². The quantitative estimate of drug-likeness (QED) is 0.260. The van der Waals surface area contributed by atoms with Crippen LogP contribution in [0, 0.1) is 24.1 Å². The molecule has 4 aliphatic rings. The summed E-state index contributed by atoms with van der Waals surface area (Å²) in [4.78, 5) is 18.9. The number of anilines is 1. The summed E-state index contributed by atoms with van der Waals surface area (Å²) >= 11 is 6.62. The minimum Gasteiger partial charge on any atom is -0.480 e. The molecule has 1 saturated carbocycles. The number of nitrogens with zero attached hydrogens (tertiary/aromatic N) is 6. The van der Waals surface area contributed by atoms with Gasteiger partial charge in [0.1, 0.15) is 28.0 Å². The topological polar surface area (TPSA) is 131 Å². The molecule has 0 amide bonds. The first kappa shape index (κ1) is 32.8. The van der Waals surface area contributed by atoms with Gasteiger partial charge in [-0.1, -0.05) is 18.0 Å². The maximum absolute atomic E-state index is 17.1. The molecule has 0 spiro atoms. The van der Waals surface area contributed by atoms with Crippen molar-refractivity contribution in [2.45, 2.75) is 57.6 Å². The Bertz CT molecular complexity index is 1890. The number of fused-ring (bicyclic) bond motifs is 3. The lowest BCUT2D eigenvalue weighted by molar-refractivity contribution is -0.0731. The van der Waals surface area contributed by atoms with Gasteiger partial charge in [0.25, 0.3) is 0 Å². The van der Waals surface area contributed by atoms with E-state index < -0.39 is 11.4 Å². The largest absolute Gasteiger partial charge is 0.480 e. The summed E-state index contributed by atoms with van der Waals surface area (Å²) in [6, 6.07) is 2.25. The Kier molecular flexibility index (Phi) is 8.54. The van der Waals surface area contributed by atoms with Crippen LogP contribution in [0.2, 0.25) is 5.02 Å². The van der Waals surface area contributed by atoms with Crippen LogP contribution in [0.3, 0.4) is 0 Å². The fourth-order valence-electron chi connectivity index (χ4n) is 8.52. The van der Waals surface area contributed by atoms with E-state index in [1.54, 1.807) is 19.2 Å². The fourth-order valence-corrected chi connectivity index (χ4v) is 8.72. The number of nitrogens with one attached hydrogen (secondary N) is 1. The number of aromatic amines is 1. The van der Waals surface area contributed by atoms with Crippen LogP contribution < -0.4 is 14.4 Å². The standard InChI is InChI=1S/C35H43ClFN7O5/c1-20-23(36)12-24-22(13-38-42-24)26(20)29-28(37)30-27(32(39-29)46-3)31(44-10-11-47-18-34(2,45)17-44)41-33(40-30)49-19-35-7-4-6-25(35)43(9-5-8-35)14-21-15-48-16-21/h12-13,21,25,45H,4-11,14-19H2,1-3H3,(H,38,42). The third-order valence-corrected chi connectivity index (χ3v) is 11.3. The zero-order valence-electron chi connectivity index (χ0n) is 28.2. The molecule has 3 aromatic heterocycles. The molecule has 3 saturated heterocycles. The molecule has 3 atom stereocenters. The van der Waals surface area contributed by atoms with Crippen molar-refractivity contribution in [3.63, 3.8) is 0 Å². The lowest BCUT2D eigenvalue weighted by Gasteiger charge is -2.48. The summed E-state index contributed by atoms with van der Waals surface area (Å²) in [6.07, 6.45) is 7.13. The SMILES string of the molecule is COc1nc(-c2c(C)c(Cl)cc3[nH]ncc23)c(F)c2nc(OCC34CCCC3N(CC3COC3)CCC4)nc(N3CCOCC(C)(O)C3)c12. The van der Waals surface area contributed by atoms with Crippen molar-refractivity contribution in [3.05, 3.63) is 28.7 Å². The van der Waals surface area contributed by atoms with E-state index in [2.05, 4.69) is 15.1 Å². The minimum absolute atomic E-state index is 0.0124. The number of ether oxygens (including phenoxy) is 4. The monoisotopic (exact) mass is 695 g/mol. The molecular weight excluding hydrogens is 653 g/mol. The van der Waals surface area contributed by atoms with Gasteiger partial charge >= 0.3 is 6.01 Å². The number of aliphatic hydroxyl groups is 1. The third-order valence-electron chi connectivity index (χ3n) is 10.9. The highest BCUT2D eigenvalue weighted by Gasteiger charge is 2.49. The van der Waals surface area contributed by atoms with E-state index in [4.69, 9.17) is 45.5 Å². The third kappa shape index (κ3) is 5.86. The summed E-state index contributed by atoms with van der Waals surface area (Å²) in [5, 5.41) is 19.6. The molecule has 262 valence electrons. The molecule has 4 aromatic rings. The number of aromatic nitrogens is 5. The molecule has 12 nitrogen and oxygen atoms in total. The highest BCUT2D eigenvalue weighted by atomic mass is 35.5. The number of piperidine rings is 1. The fraction of sp³-hybridized carbons (Fsp3) is 0.600. The molecule has 8 rings (SSSR count). The molecule has 4 fully saturated rings. The van der Waals surface area contributed by atoms with E-state index >= 15 is 4.39 Å². The number of rotatable bonds is 8. The molecule has 1 aliphatic carbocycles. The average Bonchev–Trinajstić information content (AvgIpc) is 3.67. The molecule has 1 aromatic carbocycles. The van der Waals surface area contributed by atoms with Gasteiger partial charge in [0, 0.05) is 46.4 Å². The number of likely N-dealkylation sites (tertiary alicyclic amines) is 1. The zero-order valence-corrected chi connectivity index (χ0v) is 29.0. The van der Waals surface area contributed by atoms with E-state index in [0.717, 1.165) is 58.4 Å². The Morgan fingerprint density at radius 1 is 1.16 bits per heavy atom. The minimum atomic E-state index is -1.17. The predicted octanol–water partition coefficient (Wildman–Crippen LogP) is 4.93. The number of hydrogen-bond donors (Lipinski definition) is 2. The number of β-amino-alcohol motifs (C(OH)–C–C–N with tert-alkyl or cyclic N) is 1. The lowest BCUT2D eigenvalue weighted by atomic mass is 9.75. The first-order chi connectivity index (χ1) is 23.7. The highest BCUT2D eigenvalue weighted by Crippen LogP contribution is 2.49.